The summed E-state index contributed by atoms with van der Waals surface area (Å²) in [6.45, 7) is 0.338. The maximum Gasteiger partial charge on any atom is 0.391 e. The Morgan fingerprint density at radius 1 is 1.35 bits per heavy atom. The Morgan fingerprint density at radius 3 is 2.43 bits per heavy atom. The first-order valence-electron chi connectivity index (χ1n) is 6.92. The van der Waals surface area contributed by atoms with Crippen molar-refractivity contribution in [2.24, 2.45) is 5.92 Å². The molecule has 1 aromatic carbocycles. The number of rotatable bonds is 3. The summed E-state index contributed by atoms with van der Waals surface area (Å²) in [6, 6.07) is 3.88. The van der Waals surface area contributed by atoms with Gasteiger partial charge in [0, 0.05) is 24.8 Å². The first-order valence-corrected chi connectivity index (χ1v) is 6.92. The van der Waals surface area contributed by atoms with E-state index >= 15 is 0 Å². The number of carbonyl (C=O) groups excluding carboxylic acids is 1. The number of piperidine rings is 1. The van der Waals surface area contributed by atoms with Crippen LogP contribution in [0, 0.1) is 16.0 Å². The highest BCUT2D eigenvalue weighted by Crippen LogP contribution is 2.36. The van der Waals surface area contributed by atoms with Crippen molar-refractivity contribution in [2.75, 3.05) is 25.1 Å². The van der Waals surface area contributed by atoms with Gasteiger partial charge in [-0.25, -0.2) is 4.79 Å². The summed E-state index contributed by atoms with van der Waals surface area (Å²) in [5.41, 5.74) is -0.143. The minimum Gasteiger partial charge on any atom is -0.465 e. The van der Waals surface area contributed by atoms with Crippen LogP contribution in [0.2, 0.25) is 0 Å². The lowest BCUT2D eigenvalue weighted by atomic mass is 9.95. The number of hydrogen-bond acceptors (Lipinski definition) is 5. The molecule has 0 saturated carbocycles. The molecule has 1 saturated heterocycles. The molecule has 2 rings (SSSR count). The van der Waals surface area contributed by atoms with E-state index in [1.54, 1.807) is 4.90 Å². The van der Waals surface area contributed by atoms with Gasteiger partial charge in [-0.15, -0.1) is 0 Å². The van der Waals surface area contributed by atoms with Crippen LogP contribution in [0.4, 0.5) is 24.5 Å². The van der Waals surface area contributed by atoms with Gasteiger partial charge >= 0.3 is 12.1 Å². The maximum absolute atomic E-state index is 12.7. The molecule has 126 valence electrons. The molecule has 0 amide bonds. The van der Waals surface area contributed by atoms with Gasteiger partial charge in [0.1, 0.15) is 5.56 Å². The fourth-order valence-corrected chi connectivity index (χ4v) is 2.62. The van der Waals surface area contributed by atoms with Crippen LogP contribution < -0.4 is 4.90 Å². The number of methoxy groups -OCH3 is 1. The first kappa shape index (κ1) is 17.0. The zero-order valence-electron chi connectivity index (χ0n) is 12.3. The highest BCUT2D eigenvalue weighted by atomic mass is 19.4. The molecule has 1 heterocycles. The molecule has 0 bridgehead atoms. The number of nitrogens with zero attached hydrogens (tertiary/aromatic N) is 2. The second kappa shape index (κ2) is 6.43. The fraction of sp³-hybridized carbons (Fsp3) is 0.500. The summed E-state index contributed by atoms with van der Waals surface area (Å²) in [5, 5.41) is 10.9. The first-order chi connectivity index (χ1) is 10.7. The Kier molecular flexibility index (Phi) is 4.76. The van der Waals surface area contributed by atoms with Gasteiger partial charge in [0.25, 0.3) is 5.69 Å². The van der Waals surface area contributed by atoms with Gasteiger partial charge in [-0.1, -0.05) is 0 Å². The number of nitro groups is 1. The molecule has 1 aliphatic rings. The van der Waals surface area contributed by atoms with Crippen molar-refractivity contribution in [2.45, 2.75) is 19.0 Å². The van der Waals surface area contributed by atoms with E-state index < -0.39 is 28.7 Å². The summed E-state index contributed by atoms with van der Waals surface area (Å²) in [7, 11) is 1.10. The zero-order valence-corrected chi connectivity index (χ0v) is 12.3. The van der Waals surface area contributed by atoms with Gasteiger partial charge in [-0.3, -0.25) is 10.1 Å². The highest BCUT2D eigenvalue weighted by Gasteiger charge is 2.41. The van der Waals surface area contributed by atoms with Crippen molar-refractivity contribution in [1.82, 2.24) is 0 Å². The summed E-state index contributed by atoms with van der Waals surface area (Å²) < 4.78 is 42.5. The number of nitro benzene ring substituents is 1. The maximum atomic E-state index is 12.7. The molecular formula is C14H15F3N2O4. The predicted molar refractivity (Wildman–Crippen MR) is 75.4 cm³/mol. The third-order valence-corrected chi connectivity index (χ3v) is 3.91. The number of hydrogen-bond donors (Lipinski definition) is 0. The fourth-order valence-electron chi connectivity index (χ4n) is 2.62. The molecule has 1 fully saturated rings. The summed E-state index contributed by atoms with van der Waals surface area (Å²) >= 11 is 0. The van der Waals surface area contributed by atoms with Gasteiger partial charge in [-0.05, 0) is 25.0 Å². The lowest BCUT2D eigenvalue weighted by Gasteiger charge is -2.34. The molecule has 0 aliphatic carbocycles. The van der Waals surface area contributed by atoms with E-state index in [0.29, 0.717) is 5.69 Å². The Balaban J connectivity index is 2.22. The molecule has 0 atom stereocenters. The summed E-state index contributed by atoms with van der Waals surface area (Å²) in [4.78, 5) is 23.6. The third kappa shape index (κ3) is 3.72. The summed E-state index contributed by atoms with van der Waals surface area (Å²) in [6.07, 6.45) is -4.30. The lowest BCUT2D eigenvalue weighted by molar-refractivity contribution is -0.385. The quantitative estimate of drug-likeness (QED) is 0.483. The Labute approximate surface area is 130 Å². The van der Waals surface area contributed by atoms with Crippen molar-refractivity contribution in [1.29, 1.82) is 0 Å². The van der Waals surface area contributed by atoms with Gasteiger partial charge in [0.2, 0.25) is 0 Å². The number of benzene rings is 1. The Hall–Kier alpha value is -2.32. The van der Waals surface area contributed by atoms with E-state index in [1.807, 2.05) is 0 Å². The SMILES string of the molecule is COC(=O)c1cc(N2CCC(C(F)(F)F)CC2)ccc1[N+](=O)[O-]. The van der Waals surface area contributed by atoms with Crippen molar-refractivity contribution in [3.8, 4) is 0 Å². The Morgan fingerprint density at radius 2 is 1.96 bits per heavy atom. The topological polar surface area (TPSA) is 72.7 Å². The molecule has 23 heavy (non-hydrogen) atoms. The van der Waals surface area contributed by atoms with Gasteiger partial charge < -0.3 is 9.64 Å². The molecule has 0 radical (unpaired) electrons. The average Bonchev–Trinajstić information content (AvgIpc) is 2.52. The van der Waals surface area contributed by atoms with Crippen molar-refractivity contribution < 1.29 is 27.6 Å². The van der Waals surface area contributed by atoms with E-state index in [1.165, 1.54) is 12.1 Å². The van der Waals surface area contributed by atoms with Crippen LogP contribution in [0.5, 0.6) is 0 Å². The highest BCUT2D eigenvalue weighted by molar-refractivity contribution is 5.95. The Bertz CT molecular complexity index is 611. The summed E-state index contributed by atoms with van der Waals surface area (Å²) in [5.74, 6) is -2.19. The van der Waals surface area contributed by atoms with Crippen molar-refractivity contribution in [3.05, 3.63) is 33.9 Å². The van der Waals surface area contributed by atoms with Crippen molar-refractivity contribution in [3.63, 3.8) is 0 Å². The molecule has 0 aromatic heterocycles. The smallest absolute Gasteiger partial charge is 0.391 e. The molecule has 0 N–H and O–H groups in total. The van der Waals surface area contributed by atoms with Gasteiger partial charge in [0.05, 0.1) is 18.0 Å². The molecule has 0 spiro atoms. The number of anilines is 1. The molecule has 0 unspecified atom stereocenters. The molecule has 1 aromatic rings. The molecule has 9 heteroatoms. The number of esters is 1. The van der Waals surface area contributed by atoms with Crippen molar-refractivity contribution >= 4 is 17.3 Å². The standard InChI is InChI=1S/C14H15F3N2O4/c1-23-13(20)11-8-10(2-3-12(11)19(21)22)18-6-4-9(5-7-18)14(15,16)17/h2-3,8-9H,4-7H2,1H3. The lowest BCUT2D eigenvalue weighted by Crippen LogP contribution is -2.39. The minimum absolute atomic E-state index is 0.0476. The van der Waals surface area contributed by atoms with Gasteiger partial charge in [0.15, 0.2) is 0 Å². The van der Waals surface area contributed by atoms with Crippen LogP contribution >= 0.6 is 0 Å². The van der Waals surface area contributed by atoms with Crippen LogP contribution in [0.1, 0.15) is 23.2 Å². The van der Waals surface area contributed by atoms with E-state index in [4.69, 9.17) is 0 Å². The van der Waals surface area contributed by atoms with Crippen LogP contribution in [-0.4, -0.2) is 37.3 Å². The van der Waals surface area contributed by atoms with Crippen LogP contribution in [0.3, 0.4) is 0 Å². The average molecular weight is 332 g/mol. The normalized spacial score (nSPS) is 16.3. The van der Waals surface area contributed by atoms with E-state index in [2.05, 4.69) is 4.74 Å². The monoisotopic (exact) mass is 332 g/mol. The van der Waals surface area contributed by atoms with Crippen LogP contribution in [0.15, 0.2) is 18.2 Å². The number of carbonyl (C=O) groups is 1. The molecule has 6 nitrogen and oxygen atoms in total. The van der Waals surface area contributed by atoms with E-state index in [9.17, 15) is 28.1 Å². The second-order valence-electron chi connectivity index (χ2n) is 5.25. The predicted octanol–water partition coefficient (Wildman–Crippen LogP) is 3.16. The number of halogens is 3. The largest absolute Gasteiger partial charge is 0.465 e. The van der Waals surface area contributed by atoms with Crippen LogP contribution in [-0.2, 0) is 4.74 Å². The number of ether oxygens (including phenoxy) is 1. The third-order valence-electron chi connectivity index (χ3n) is 3.91. The molecule has 1 aliphatic heterocycles. The van der Waals surface area contributed by atoms with E-state index in [-0.39, 0.29) is 31.5 Å². The minimum atomic E-state index is -4.21. The zero-order chi connectivity index (χ0) is 17.2. The van der Waals surface area contributed by atoms with E-state index in [0.717, 1.165) is 13.2 Å². The van der Waals surface area contributed by atoms with Crippen LogP contribution in [0.25, 0.3) is 0 Å². The molecular weight excluding hydrogens is 317 g/mol. The number of alkyl halides is 3. The van der Waals surface area contributed by atoms with Gasteiger partial charge in [-0.2, -0.15) is 13.2 Å². The second-order valence-corrected chi connectivity index (χ2v) is 5.25.